The minimum Gasteiger partial charge on any atom is -0.481 e. The second-order valence-electron chi connectivity index (χ2n) is 5.49. The van der Waals surface area contributed by atoms with Gasteiger partial charge < -0.3 is 19.9 Å². The zero-order valence-electron chi connectivity index (χ0n) is 11.7. The van der Waals surface area contributed by atoms with E-state index in [1.807, 2.05) is 0 Å². The van der Waals surface area contributed by atoms with Crippen molar-refractivity contribution in [3.05, 3.63) is 0 Å². The van der Waals surface area contributed by atoms with Gasteiger partial charge in [0, 0.05) is 6.04 Å². The van der Waals surface area contributed by atoms with E-state index in [-0.39, 0.29) is 18.6 Å². The largest absolute Gasteiger partial charge is 0.481 e. The van der Waals surface area contributed by atoms with E-state index in [9.17, 15) is 14.7 Å². The second-order valence-corrected chi connectivity index (χ2v) is 5.49. The monoisotopic (exact) mass is 285 g/mol. The molecule has 0 bridgehead atoms. The van der Waals surface area contributed by atoms with Crippen molar-refractivity contribution in [1.29, 1.82) is 0 Å². The zero-order chi connectivity index (χ0) is 14.4. The van der Waals surface area contributed by atoms with Gasteiger partial charge in [-0.05, 0) is 12.8 Å². The first kappa shape index (κ1) is 15.3. The van der Waals surface area contributed by atoms with Gasteiger partial charge in [-0.3, -0.25) is 9.59 Å². The standard InChI is InChI=1S/C14H23NO5/c16-13(12-9-19-7-8-20-12)15-11-6-4-2-1-3-5-10(11)14(17)18/h10-12H,1-9H2,(H,15,16)(H,17,18). The van der Waals surface area contributed by atoms with Crippen LogP contribution in [0.5, 0.6) is 0 Å². The van der Waals surface area contributed by atoms with Crippen molar-refractivity contribution in [3.63, 3.8) is 0 Å². The molecule has 6 nitrogen and oxygen atoms in total. The molecule has 1 amide bonds. The average Bonchev–Trinajstić information content (AvgIpc) is 2.42. The first-order valence-electron chi connectivity index (χ1n) is 7.41. The van der Waals surface area contributed by atoms with Crippen LogP contribution in [0.15, 0.2) is 0 Å². The molecular formula is C14H23NO5. The number of rotatable bonds is 3. The van der Waals surface area contributed by atoms with Crippen molar-refractivity contribution in [1.82, 2.24) is 5.32 Å². The van der Waals surface area contributed by atoms with E-state index in [2.05, 4.69) is 5.32 Å². The van der Waals surface area contributed by atoms with Gasteiger partial charge in [0.25, 0.3) is 5.91 Å². The van der Waals surface area contributed by atoms with Crippen molar-refractivity contribution in [2.24, 2.45) is 5.92 Å². The third-order valence-corrected chi connectivity index (χ3v) is 4.02. The molecular weight excluding hydrogens is 262 g/mol. The molecule has 1 aliphatic carbocycles. The Morgan fingerprint density at radius 2 is 1.80 bits per heavy atom. The molecule has 2 rings (SSSR count). The summed E-state index contributed by atoms with van der Waals surface area (Å²) >= 11 is 0. The molecule has 2 fully saturated rings. The van der Waals surface area contributed by atoms with E-state index in [0.717, 1.165) is 32.1 Å². The van der Waals surface area contributed by atoms with Crippen LogP contribution in [0.2, 0.25) is 0 Å². The number of hydrogen-bond acceptors (Lipinski definition) is 4. The van der Waals surface area contributed by atoms with Crippen LogP contribution in [-0.2, 0) is 19.1 Å². The minimum absolute atomic E-state index is 0.246. The summed E-state index contributed by atoms with van der Waals surface area (Å²) in [6.45, 7) is 1.16. The summed E-state index contributed by atoms with van der Waals surface area (Å²) < 4.78 is 10.6. The van der Waals surface area contributed by atoms with Crippen LogP contribution in [0.4, 0.5) is 0 Å². The van der Waals surface area contributed by atoms with E-state index in [0.29, 0.717) is 19.6 Å². The fourth-order valence-electron chi connectivity index (χ4n) is 2.87. The van der Waals surface area contributed by atoms with Crippen LogP contribution in [0, 0.1) is 5.92 Å². The average molecular weight is 285 g/mol. The van der Waals surface area contributed by atoms with Crippen molar-refractivity contribution in [2.75, 3.05) is 19.8 Å². The molecule has 3 atom stereocenters. The number of carbonyl (C=O) groups excluding carboxylic acids is 1. The molecule has 6 heteroatoms. The summed E-state index contributed by atoms with van der Waals surface area (Å²) in [6, 6.07) is -0.300. The maximum Gasteiger partial charge on any atom is 0.308 e. The van der Waals surface area contributed by atoms with Crippen molar-refractivity contribution in [2.45, 2.75) is 50.7 Å². The molecule has 114 valence electrons. The molecule has 0 spiro atoms. The van der Waals surface area contributed by atoms with Crippen molar-refractivity contribution >= 4 is 11.9 Å². The Balaban J connectivity index is 1.94. The zero-order valence-corrected chi connectivity index (χ0v) is 11.7. The Bertz CT molecular complexity index is 340. The van der Waals surface area contributed by atoms with Gasteiger partial charge in [-0.2, -0.15) is 0 Å². The lowest BCUT2D eigenvalue weighted by atomic mass is 9.86. The first-order valence-corrected chi connectivity index (χ1v) is 7.41. The van der Waals surface area contributed by atoms with Gasteiger partial charge in [-0.25, -0.2) is 0 Å². The summed E-state index contributed by atoms with van der Waals surface area (Å²) in [5, 5.41) is 12.2. The summed E-state index contributed by atoms with van der Waals surface area (Å²) in [4.78, 5) is 23.5. The van der Waals surface area contributed by atoms with E-state index in [1.54, 1.807) is 0 Å². The van der Waals surface area contributed by atoms with E-state index in [4.69, 9.17) is 9.47 Å². The topological polar surface area (TPSA) is 84.9 Å². The fraction of sp³-hybridized carbons (Fsp3) is 0.857. The molecule has 0 aromatic carbocycles. The molecule has 2 N–H and O–H groups in total. The van der Waals surface area contributed by atoms with Crippen LogP contribution in [0.3, 0.4) is 0 Å². The predicted molar refractivity (Wildman–Crippen MR) is 71.3 cm³/mol. The van der Waals surface area contributed by atoms with Gasteiger partial charge in [0.15, 0.2) is 6.10 Å². The van der Waals surface area contributed by atoms with Gasteiger partial charge in [0.2, 0.25) is 0 Å². The number of hydrogen-bond donors (Lipinski definition) is 2. The smallest absolute Gasteiger partial charge is 0.308 e. The van der Waals surface area contributed by atoms with Gasteiger partial charge in [-0.1, -0.05) is 25.7 Å². The summed E-state index contributed by atoms with van der Waals surface area (Å²) in [5.41, 5.74) is 0. The first-order chi connectivity index (χ1) is 9.68. The van der Waals surface area contributed by atoms with E-state index >= 15 is 0 Å². The van der Waals surface area contributed by atoms with Crippen LogP contribution in [-0.4, -0.2) is 48.9 Å². The van der Waals surface area contributed by atoms with Crippen LogP contribution in [0.1, 0.15) is 38.5 Å². The van der Waals surface area contributed by atoms with E-state index < -0.39 is 18.0 Å². The number of carbonyl (C=O) groups is 2. The van der Waals surface area contributed by atoms with Gasteiger partial charge in [0.05, 0.1) is 25.7 Å². The summed E-state index contributed by atoms with van der Waals surface area (Å²) in [5.74, 6) is -1.57. The molecule has 1 aliphatic heterocycles. The molecule has 0 aromatic heterocycles. The van der Waals surface area contributed by atoms with E-state index in [1.165, 1.54) is 0 Å². The highest BCUT2D eigenvalue weighted by Crippen LogP contribution is 2.23. The highest BCUT2D eigenvalue weighted by Gasteiger charge is 2.32. The quantitative estimate of drug-likeness (QED) is 0.806. The van der Waals surface area contributed by atoms with Crippen molar-refractivity contribution in [3.8, 4) is 0 Å². The third kappa shape index (κ3) is 4.18. The maximum absolute atomic E-state index is 12.1. The minimum atomic E-state index is -0.821. The molecule has 1 heterocycles. The number of amides is 1. The number of carboxylic acid groups (broad SMARTS) is 1. The lowest BCUT2D eigenvalue weighted by molar-refractivity contribution is -0.150. The normalized spacial score (nSPS) is 31.9. The molecule has 3 unspecified atom stereocenters. The Labute approximate surface area is 118 Å². The molecule has 2 aliphatic rings. The maximum atomic E-state index is 12.1. The Morgan fingerprint density at radius 3 is 2.45 bits per heavy atom. The molecule has 20 heavy (non-hydrogen) atoms. The van der Waals surface area contributed by atoms with Crippen LogP contribution >= 0.6 is 0 Å². The number of nitrogens with one attached hydrogen (secondary N) is 1. The highest BCUT2D eigenvalue weighted by atomic mass is 16.6. The number of aliphatic carboxylic acids is 1. The number of ether oxygens (including phenoxy) is 2. The van der Waals surface area contributed by atoms with Gasteiger partial charge >= 0.3 is 5.97 Å². The third-order valence-electron chi connectivity index (χ3n) is 4.02. The van der Waals surface area contributed by atoms with Crippen molar-refractivity contribution < 1.29 is 24.2 Å². The highest BCUT2D eigenvalue weighted by molar-refractivity contribution is 5.82. The van der Waals surface area contributed by atoms with Crippen LogP contribution in [0.25, 0.3) is 0 Å². The number of carboxylic acids is 1. The summed E-state index contributed by atoms with van der Waals surface area (Å²) in [6.07, 6.45) is 4.77. The SMILES string of the molecule is O=C(NC1CCCCCCC1C(=O)O)C1COCCO1. The van der Waals surface area contributed by atoms with Gasteiger partial charge in [-0.15, -0.1) is 0 Å². The molecule has 0 radical (unpaired) electrons. The predicted octanol–water partition coefficient (Wildman–Crippen LogP) is 0.942. The molecule has 1 saturated heterocycles. The summed E-state index contributed by atoms with van der Waals surface area (Å²) in [7, 11) is 0. The lowest BCUT2D eigenvalue weighted by Crippen LogP contribution is -2.50. The lowest BCUT2D eigenvalue weighted by Gasteiger charge is -2.30. The Kier molecular flexibility index (Phi) is 5.79. The molecule has 1 saturated carbocycles. The Morgan fingerprint density at radius 1 is 1.05 bits per heavy atom. The fourth-order valence-corrected chi connectivity index (χ4v) is 2.87. The Hall–Kier alpha value is -1.14. The van der Waals surface area contributed by atoms with Gasteiger partial charge in [0.1, 0.15) is 0 Å². The van der Waals surface area contributed by atoms with Crippen LogP contribution < -0.4 is 5.32 Å². The molecule has 0 aromatic rings. The second kappa shape index (κ2) is 7.59.